The van der Waals surface area contributed by atoms with E-state index in [9.17, 15) is 4.79 Å². The largest absolute Gasteiger partial charge is 0.291 e. The summed E-state index contributed by atoms with van der Waals surface area (Å²) in [5.41, 5.74) is 4.69. The average molecular weight is 240 g/mol. The molecule has 90 valence electrons. The van der Waals surface area contributed by atoms with Crippen molar-refractivity contribution in [2.24, 2.45) is 5.10 Å². The fourth-order valence-electron chi connectivity index (χ4n) is 1.37. The molecule has 0 spiro atoms. The lowest BCUT2D eigenvalue weighted by atomic mass is 10.1. The smallest absolute Gasteiger partial charge is 0.265 e. The molecule has 1 aromatic heterocycles. The molecule has 0 saturated heterocycles. The number of benzene rings is 1. The molecule has 1 aromatic carbocycles. The minimum Gasteiger partial charge on any atom is -0.265 e. The third-order valence-corrected chi connectivity index (χ3v) is 2.35. The fraction of sp³-hybridized carbons (Fsp3) is 0.0769. The van der Waals surface area contributed by atoms with Crippen molar-refractivity contribution in [1.82, 2.24) is 15.4 Å². The van der Waals surface area contributed by atoms with Crippen molar-refractivity contribution >= 4 is 12.1 Å². The van der Waals surface area contributed by atoms with Gasteiger partial charge in [0.25, 0.3) is 5.91 Å². The van der Waals surface area contributed by atoms with Crippen LogP contribution in [0, 0.1) is 6.92 Å². The van der Waals surface area contributed by atoms with E-state index < -0.39 is 0 Å². The van der Waals surface area contributed by atoms with Crippen LogP contribution in [0.5, 0.6) is 0 Å². The molecule has 1 amide bonds. The number of hydrogen-bond acceptors (Lipinski definition) is 4. The van der Waals surface area contributed by atoms with E-state index >= 15 is 0 Å². The Hall–Kier alpha value is -2.56. The van der Waals surface area contributed by atoms with Crippen LogP contribution in [0.15, 0.2) is 48.0 Å². The van der Waals surface area contributed by atoms with Gasteiger partial charge in [-0.25, -0.2) is 10.4 Å². The van der Waals surface area contributed by atoms with Crippen LogP contribution in [0.3, 0.4) is 0 Å². The Morgan fingerprint density at radius 3 is 2.89 bits per heavy atom. The Morgan fingerprint density at radius 1 is 1.33 bits per heavy atom. The molecule has 0 saturated carbocycles. The van der Waals surface area contributed by atoms with Gasteiger partial charge in [-0.15, -0.1) is 0 Å². The molecule has 0 aliphatic carbocycles. The number of amides is 1. The molecule has 5 heteroatoms. The third-order valence-electron chi connectivity index (χ3n) is 2.35. The van der Waals surface area contributed by atoms with Crippen molar-refractivity contribution in [3.05, 3.63) is 59.7 Å². The fourth-order valence-corrected chi connectivity index (χ4v) is 1.37. The summed E-state index contributed by atoms with van der Waals surface area (Å²) in [6, 6.07) is 7.77. The predicted octanol–water partition coefficient (Wildman–Crippen LogP) is 1.55. The second-order valence-electron chi connectivity index (χ2n) is 3.65. The van der Waals surface area contributed by atoms with Crippen molar-refractivity contribution in [2.75, 3.05) is 0 Å². The van der Waals surface area contributed by atoms with E-state index in [0.717, 1.165) is 11.1 Å². The first kappa shape index (κ1) is 11.9. The van der Waals surface area contributed by atoms with Gasteiger partial charge in [-0.2, -0.15) is 5.10 Å². The summed E-state index contributed by atoms with van der Waals surface area (Å²) >= 11 is 0. The molecule has 0 bridgehead atoms. The number of aryl methyl sites for hydroxylation is 1. The molecule has 0 fully saturated rings. The van der Waals surface area contributed by atoms with Gasteiger partial charge in [-0.1, -0.05) is 24.3 Å². The van der Waals surface area contributed by atoms with Gasteiger partial charge < -0.3 is 0 Å². The third kappa shape index (κ3) is 2.98. The van der Waals surface area contributed by atoms with Gasteiger partial charge in [-0.05, 0) is 18.1 Å². The monoisotopic (exact) mass is 240 g/mol. The average Bonchev–Trinajstić information content (AvgIpc) is 2.42. The molecular formula is C13H12N4O. The Morgan fingerprint density at radius 2 is 2.17 bits per heavy atom. The van der Waals surface area contributed by atoms with E-state index in [4.69, 9.17) is 0 Å². The summed E-state index contributed by atoms with van der Waals surface area (Å²) in [5.74, 6) is -0.382. The standard InChI is InChI=1S/C13H12N4O/c1-10-4-2-3-5-11(10)8-16-17-13(18)12-9-14-6-7-15-12/h2-9H,1H3,(H,17,18). The zero-order valence-electron chi connectivity index (χ0n) is 9.87. The Bertz CT molecular complexity index is 566. The van der Waals surface area contributed by atoms with Crippen LogP contribution in [0.25, 0.3) is 0 Å². The second kappa shape index (κ2) is 5.67. The van der Waals surface area contributed by atoms with E-state index in [1.54, 1.807) is 6.21 Å². The van der Waals surface area contributed by atoms with Crippen molar-refractivity contribution in [3.8, 4) is 0 Å². The predicted molar refractivity (Wildman–Crippen MR) is 68.3 cm³/mol. The van der Waals surface area contributed by atoms with Crippen molar-refractivity contribution in [2.45, 2.75) is 6.92 Å². The maximum absolute atomic E-state index is 11.6. The zero-order chi connectivity index (χ0) is 12.8. The van der Waals surface area contributed by atoms with Crippen molar-refractivity contribution < 1.29 is 4.79 Å². The Balaban J connectivity index is 2.00. The first-order valence-electron chi connectivity index (χ1n) is 5.42. The SMILES string of the molecule is Cc1ccccc1C=NNC(=O)c1cnccn1. The van der Waals surface area contributed by atoms with Crippen LogP contribution in [0.4, 0.5) is 0 Å². The van der Waals surface area contributed by atoms with Gasteiger partial charge in [0, 0.05) is 12.4 Å². The Labute approximate surface area is 105 Å². The Kier molecular flexibility index (Phi) is 3.76. The number of rotatable bonds is 3. The van der Waals surface area contributed by atoms with Crippen molar-refractivity contribution in [3.63, 3.8) is 0 Å². The molecule has 18 heavy (non-hydrogen) atoms. The van der Waals surface area contributed by atoms with E-state index in [1.165, 1.54) is 18.6 Å². The minimum atomic E-state index is -0.382. The van der Waals surface area contributed by atoms with Crippen molar-refractivity contribution in [1.29, 1.82) is 0 Å². The molecule has 2 aromatic rings. The first-order chi connectivity index (χ1) is 8.77. The highest BCUT2D eigenvalue weighted by Crippen LogP contribution is 2.03. The van der Waals surface area contributed by atoms with Gasteiger partial charge in [0.1, 0.15) is 5.69 Å². The van der Waals surface area contributed by atoms with Gasteiger partial charge >= 0.3 is 0 Å². The summed E-state index contributed by atoms with van der Waals surface area (Å²) in [4.78, 5) is 19.3. The highest BCUT2D eigenvalue weighted by Gasteiger charge is 2.04. The lowest BCUT2D eigenvalue weighted by Crippen LogP contribution is -2.19. The zero-order valence-corrected chi connectivity index (χ0v) is 9.87. The number of carbonyl (C=O) groups is 1. The summed E-state index contributed by atoms with van der Waals surface area (Å²) < 4.78 is 0. The minimum absolute atomic E-state index is 0.236. The molecule has 0 unspecified atom stereocenters. The lowest BCUT2D eigenvalue weighted by Gasteiger charge is -1.99. The highest BCUT2D eigenvalue weighted by molar-refractivity contribution is 5.92. The molecule has 0 atom stereocenters. The maximum Gasteiger partial charge on any atom is 0.291 e. The molecule has 1 heterocycles. The summed E-state index contributed by atoms with van der Waals surface area (Å²) in [6.07, 6.45) is 5.95. The summed E-state index contributed by atoms with van der Waals surface area (Å²) in [5, 5.41) is 3.89. The van der Waals surface area contributed by atoms with E-state index in [2.05, 4.69) is 20.5 Å². The van der Waals surface area contributed by atoms with Crippen LogP contribution in [-0.2, 0) is 0 Å². The molecule has 0 radical (unpaired) electrons. The van der Waals surface area contributed by atoms with E-state index in [0.29, 0.717) is 0 Å². The topological polar surface area (TPSA) is 67.2 Å². The first-order valence-corrected chi connectivity index (χ1v) is 5.42. The van der Waals surface area contributed by atoms with E-state index in [-0.39, 0.29) is 11.6 Å². The second-order valence-corrected chi connectivity index (χ2v) is 3.65. The number of nitrogens with zero attached hydrogens (tertiary/aromatic N) is 3. The molecule has 0 aliphatic rings. The number of hydrogen-bond donors (Lipinski definition) is 1. The van der Waals surface area contributed by atoms with E-state index in [1.807, 2.05) is 31.2 Å². The number of hydrazone groups is 1. The molecule has 2 rings (SSSR count). The normalized spacial score (nSPS) is 10.5. The van der Waals surface area contributed by atoms with Crippen LogP contribution >= 0.6 is 0 Å². The van der Waals surface area contributed by atoms with Crippen LogP contribution in [0.2, 0.25) is 0 Å². The summed E-state index contributed by atoms with van der Waals surface area (Å²) in [6.45, 7) is 1.98. The maximum atomic E-state index is 11.6. The molecular weight excluding hydrogens is 228 g/mol. The van der Waals surface area contributed by atoms with Gasteiger partial charge in [0.05, 0.1) is 12.4 Å². The van der Waals surface area contributed by atoms with Crippen LogP contribution in [-0.4, -0.2) is 22.1 Å². The van der Waals surface area contributed by atoms with Gasteiger partial charge in [0.2, 0.25) is 0 Å². The number of carbonyl (C=O) groups excluding carboxylic acids is 1. The quantitative estimate of drug-likeness (QED) is 0.653. The molecule has 5 nitrogen and oxygen atoms in total. The van der Waals surface area contributed by atoms with Gasteiger partial charge in [0.15, 0.2) is 0 Å². The molecule has 1 N–H and O–H groups in total. The molecule has 0 aliphatic heterocycles. The lowest BCUT2D eigenvalue weighted by molar-refractivity contribution is 0.0949. The summed E-state index contributed by atoms with van der Waals surface area (Å²) in [7, 11) is 0. The van der Waals surface area contributed by atoms with Gasteiger partial charge in [-0.3, -0.25) is 9.78 Å². The van der Waals surface area contributed by atoms with Crippen LogP contribution in [0.1, 0.15) is 21.6 Å². The number of aromatic nitrogens is 2. The number of nitrogens with one attached hydrogen (secondary N) is 1. The van der Waals surface area contributed by atoms with Crippen LogP contribution < -0.4 is 5.43 Å². The highest BCUT2D eigenvalue weighted by atomic mass is 16.2.